The highest BCUT2D eigenvalue weighted by molar-refractivity contribution is 7.99. The normalized spacial score (nSPS) is 11.4. The number of carbonyl (C=O) groups is 2. The molecule has 8 nitrogen and oxygen atoms in total. The number of halogens is 1. The van der Waals surface area contributed by atoms with Gasteiger partial charge in [-0.3, -0.25) is 9.59 Å². The van der Waals surface area contributed by atoms with Crippen LogP contribution in [0.2, 0.25) is 5.02 Å². The average molecular weight is 591 g/mol. The molecule has 0 unspecified atom stereocenters. The summed E-state index contributed by atoms with van der Waals surface area (Å²) in [5.74, 6) is 0.665. The number of hydrogen-bond donors (Lipinski definition) is 1. The van der Waals surface area contributed by atoms with Crippen molar-refractivity contribution in [3.8, 4) is 11.5 Å². The SMILES string of the molecule is COc1ccc(NC(=O)[C@@H](c2ccc(OC)cc2)N(Cc2ccccc2Cl)C(=O)CSc2nc(C)cc(C)n2)cc1. The van der Waals surface area contributed by atoms with E-state index in [1.54, 1.807) is 68.8 Å². The molecule has 0 saturated heterocycles. The number of carbonyl (C=O) groups excluding carboxylic acids is 2. The molecular weight excluding hydrogens is 560 g/mol. The molecule has 4 rings (SSSR count). The largest absolute Gasteiger partial charge is 0.497 e. The second kappa shape index (κ2) is 14.0. The molecule has 1 atom stereocenters. The van der Waals surface area contributed by atoms with Gasteiger partial charge in [0.05, 0.1) is 20.0 Å². The second-order valence-electron chi connectivity index (χ2n) is 9.23. The van der Waals surface area contributed by atoms with Crippen molar-refractivity contribution in [3.63, 3.8) is 0 Å². The lowest BCUT2D eigenvalue weighted by Gasteiger charge is -2.32. The second-order valence-corrected chi connectivity index (χ2v) is 10.6. The van der Waals surface area contributed by atoms with E-state index >= 15 is 0 Å². The number of nitrogens with one attached hydrogen (secondary N) is 1. The van der Waals surface area contributed by atoms with Crippen LogP contribution in [0.15, 0.2) is 84.0 Å². The molecule has 0 bridgehead atoms. The van der Waals surface area contributed by atoms with E-state index in [0.717, 1.165) is 11.4 Å². The highest BCUT2D eigenvalue weighted by Gasteiger charge is 2.32. The molecule has 0 fully saturated rings. The minimum absolute atomic E-state index is 0.0236. The Labute approximate surface area is 249 Å². The van der Waals surface area contributed by atoms with Crippen LogP contribution in [0, 0.1) is 13.8 Å². The summed E-state index contributed by atoms with van der Waals surface area (Å²) in [6, 6.07) is 22.3. The van der Waals surface area contributed by atoms with Crippen molar-refractivity contribution < 1.29 is 19.1 Å². The van der Waals surface area contributed by atoms with Crippen LogP contribution >= 0.6 is 23.4 Å². The maximum atomic E-state index is 14.0. The standard InChI is InChI=1S/C31H31ClN4O4S/c1-20-17-21(2)34-31(33-20)41-19-28(37)36(18-23-7-5-6-8-27(23)32)29(22-9-13-25(39-3)14-10-22)30(38)35-24-11-15-26(40-4)16-12-24/h5-17,29H,18-19H2,1-4H3,(H,35,38)/t29-/m1/s1. The van der Waals surface area contributed by atoms with Crippen molar-refractivity contribution in [1.29, 1.82) is 0 Å². The van der Waals surface area contributed by atoms with Crippen molar-refractivity contribution in [2.75, 3.05) is 25.3 Å². The maximum absolute atomic E-state index is 14.0. The van der Waals surface area contributed by atoms with Crippen molar-refractivity contribution >= 4 is 40.9 Å². The zero-order valence-electron chi connectivity index (χ0n) is 23.3. The van der Waals surface area contributed by atoms with Crippen LogP contribution in [-0.2, 0) is 16.1 Å². The van der Waals surface area contributed by atoms with Crippen LogP contribution in [0.5, 0.6) is 11.5 Å². The van der Waals surface area contributed by atoms with E-state index < -0.39 is 6.04 Å². The summed E-state index contributed by atoms with van der Waals surface area (Å²) in [6.45, 7) is 3.88. The minimum atomic E-state index is -0.979. The summed E-state index contributed by atoms with van der Waals surface area (Å²) in [7, 11) is 3.15. The molecule has 1 heterocycles. The fourth-order valence-electron chi connectivity index (χ4n) is 4.24. The summed E-state index contributed by atoms with van der Waals surface area (Å²) in [6.07, 6.45) is 0. The quantitative estimate of drug-likeness (QED) is 0.163. The molecule has 1 aromatic heterocycles. The fraction of sp³-hybridized carbons (Fsp3) is 0.226. The minimum Gasteiger partial charge on any atom is -0.497 e. The van der Waals surface area contributed by atoms with Gasteiger partial charge in [0.25, 0.3) is 5.91 Å². The van der Waals surface area contributed by atoms with E-state index in [-0.39, 0.29) is 24.1 Å². The summed E-state index contributed by atoms with van der Waals surface area (Å²) < 4.78 is 10.6. The number of methoxy groups -OCH3 is 2. The summed E-state index contributed by atoms with van der Waals surface area (Å²) in [5.41, 5.74) is 3.53. The zero-order chi connectivity index (χ0) is 29.4. The van der Waals surface area contributed by atoms with Crippen LogP contribution in [0.3, 0.4) is 0 Å². The Bertz CT molecular complexity index is 1480. The Morgan fingerprint density at radius 2 is 1.49 bits per heavy atom. The number of rotatable bonds is 11. The van der Waals surface area contributed by atoms with Gasteiger partial charge in [-0.1, -0.05) is 53.7 Å². The van der Waals surface area contributed by atoms with E-state index in [4.69, 9.17) is 21.1 Å². The number of nitrogens with zero attached hydrogens (tertiary/aromatic N) is 3. The molecule has 4 aromatic rings. The first-order valence-corrected chi connectivity index (χ1v) is 14.2. The number of aryl methyl sites for hydroxylation is 2. The number of anilines is 1. The molecule has 212 valence electrons. The predicted octanol–water partition coefficient (Wildman–Crippen LogP) is 6.26. The first kappa shape index (κ1) is 29.9. The van der Waals surface area contributed by atoms with E-state index in [2.05, 4.69) is 15.3 Å². The first-order chi connectivity index (χ1) is 19.8. The van der Waals surface area contributed by atoms with Gasteiger partial charge in [0.1, 0.15) is 17.5 Å². The van der Waals surface area contributed by atoms with Gasteiger partial charge < -0.3 is 19.7 Å². The van der Waals surface area contributed by atoms with Gasteiger partial charge in [0.15, 0.2) is 5.16 Å². The summed E-state index contributed by atoms with van der Waals surface area (Å²) in [4.78, 5) is 38.4. The lowest BCUT2D eigenvalue weighted by Crippen LogP contribution is -2.42. The Morgan fingerprint density at radius 3 is 2.07 bits per heavy atom. The van der Waals surface area contributed by atoms with Crippen molar-refractivity contribution in [2.45, 2.75) is 31.6 Å². The number of thioether (sulfide) groups is 1. The van der Waals surface area contributed by atoms with Crippen LogP contribution in [0.25, 0.3) is 0 Å². The number of benzene rings is 3. The highest BCUT2D eigenvalue weighted by Crippen LogP contribution is 2.30. The molecule has 0 aliphatic carbocycles. The number of ether oxygens (including phenoxy) is 2. The van der Waals surface area contributed by atoms with Gasteiger partial charge >= 0.3 is 0 Å². The lowest BCUT2D eigenvalue weighted by molar-refractivity contribution is -0.137. The first-order valence-electron chi connectivity index (χ1n) is 12.8. The summed E-state index contributed by atoms with van der Waals surface area (Å²) >= 11 is 7.74. The van der Waals surface area contributed by atoms with Gasteiger partial charge in [-0.2, -0.15) is 0 Å². The third-order valence-corrected chi connectivity index (χ3v) is 7.46. The molecule has 2 amide bonds. The Hall–Kier alpha value is -4.08. The van der Waals surface area contributed by atoms with Gasteiger partial charge in [-0.25, -0.2) is 9.97 Å². The van der Waals surface area contributed by atoms with Gasteiger partial charge in [0.2, 0.25) is 5.91 Å². The summed E-state index contributed by atoms with van der Waals surface area (Å²) in [5, 5.41) is 3.96. The molecule has 10 heteroatoms. The van der Waals surface area contributed by atoms with Gasteiger partial charge in [-0.15, -0.1) is 0 Å². The van der Waals surface area contributed by atoms with Gasteiger partial charge in [-0.05, 0) is 73.5 Å². The van der Waals surface area contributed by atoms with E-state index in [1.165, 1.54) is 16.7 Å². The molecule has 41 heavy (non-hydrogen) atoms. The number of aromatic nitrogens is 2. The average Bonchev–Trinajstić information content (AvgIpc) is 2.97. The molecule has 0 aliphatic rings. The molecule has 0 spiro atoms. The van der Waals surface area contributed by atoms with Crippen LogP contribution in [0.4, 0.5) is 5.69 Å². The molecule has 3 aromatic carbocycles. The van der Waals surface area contributed by atoms with Crippen molar-refractivity contribution in [1.82, 2.24) is 14.9 Å². The van der Waals surface area contributed by atoms with Crippen LogP contribution < -0.4 is 14.8 Å². The molecule has 0 saturated carbocycles. The zero-order valence-corrected chi connectivity index (χ0v) is 24.8. The topological polar surface area (TPSA) is 93.7 Å². The van der Waals surface area contributed by atoms with Crippen molar-refractivity contribution in [2.24, 2.45) is 0 Å². The molecule has 0 radical (unpaired) electrons. The number of amides is 2. The Balaban J connectivity index is 1.71. The van der Waals surface area contributed by atoms with Crippen molar-refractivity contribution in [3.05, 3.63) is 106 Å². The smallest absolute Gasteiger partial charge is 0.251 e. The van der Waals surface area contributed by atoms with Crippen LogP contribution in [0.1, 0.15) is 28.6 Å². The monoisotopic (exact) mass is 590 g/mol. The fourth-order valence-corrected chi connectivity index (χ4v) is 5.28. The predicted molar refractivity (Wildman–Crippen MR) is 162 cm³/mol. The van der Waals surface area contributed by atoms with E-state index in [0.29, 0.717) is 38.5 Å². The van der Waals surface area contributed by atoms with Crippen LogP contribution in [-0.4, -0.2) is 46.7 Å². The molecule has 0 aliphatic heterocycles. The Morgan fingerprint density at radius 1 is 0.902 bits per heavy atom. The third-order valence-electron chi connectivity index (χ3n) is 6.25. The molecule has 1 N–H and O–H groups in total. The highest BCUT2D eigenvalue weighted by atomic mass is 35.5. The van der Waals surface area contributed by atoms with E-state index in [9.17, 15) is 9.59 Å². The maximum Gasteiger partial charge on any atom is 0.251 e. The van der Waals surface area contributed by atoms with Gasteiger partial charge in [0, 0.05) is 28.6 Å². The lowest BCUT2D eigenvalue weighted by atomic mass is 10.0. The molecular formula is C31H31ClN4O4S. The third kappa shape index (κ3) is 7.99. The van der Waals surface area contributed by atoms with E-state index in [1.807, 2.05) is 38.1 Å². The number of hydrogen-bond acceptors (Lipinski definition) is 7. The Kier molecular flexibility index (Phi) is 10.2.